The van der Waals surface area contributed by atoms with E-state index in [-0.39, 0.29) is 5.56 Å². The summed E-state index contributed by atoms with van der Waals surface area (Å²) in [6.07, 6.45) is 1.42. The molecule has 0 bridgehead atoms. The molecule has 4 rings (SSSR count). The van der Waals surface area contributed by atoms with Crippen LogP contribution in [0.1, 0.15) is 27.3 Å². The van der Waals surface area contributed by atoms with Gasteiger partial charge in [-0.15, -0.1) is 0 Å². The SMILES string of the molecule is Cc1nc2ccc(C(=O)NS(=O)(=O)C=Cc3ccccc3)cc2n1Cc1ccc(Cl)cc1Cl. The number of nitrogens with one attached hydrogen (secondary N) is 1. The van der Waals surface area contributed by atoms with E-state index in [1.165, 1.54) is 6.08 Å². The Morgan fingerprint density at radius 2 is 1.82 bits per heavy atom. The third-order valence-corrected chi connectivity index (χ3v) is 6.57. The van der Waals surface area contributed by atoms with Crippen LogP contribution >= 0.6 is 23.2 Å². The van der Waals surface area contributed by atoms with Crippen LogP contribution in [0.4, 0.5) is 0 Å². The quantitative estimate of drug-likeness (QED) is 0.383. The minimum absolute atomic E-state index is 0.197. The van der Waals surface area contributed by atoms with Crippen molar-refractivity contribution in [3.8, 4) is 0 Å². The molecule has 0 atom stereocenters. The molecule has 0 unspecified atom stereocenters. The molecule has 1 amide bonds. The minimum atomic E-state index is -3.98. The standard InChI is InChI=1S/C24H19Cl2N3O3S/c1-16-27-22-10-8-18(13-23(22)29(16)15-19-7-9-20(25)14-21(19)26)24(30)28-33(31,32)12-11-17-5-3-2-4-6-17/h2-14H,15H2,1H3,(H,28,30). The Labute approximate surface area is 201 Å². The van der Waals surface area contributed by atoms with Crippen LogP contribution in [0.3, 0.4) is 0 Å². The topological polar surface area (TPSA) is 81.1 Å². The summed E-state index contributed by atoms with van der Waals surface area (Å²) in [6.45, 7) is 2.27. The van der Waals surface area contributed by atoms with Crippen molar-refractivity contribution in [3.05, 3.63) is 105 Å². The third kappa shape index (κ3) is 5.45. The number of carbonyl (C=O) groups is 1. The van der Waals surface area contributed by atoms with Gasteiger partial charge in [0.05, 0.1) is 23.0 Å². The number of nitrogens with zero attached hydrogens (tertiary/aromatic N) is 2. The summed E-state index contributed by atoms with van der Waals surface area (Å²) in [5, 5.41) is 2.03. The van der Waals surface area contributed by atoms with Crippen molar-refractivity contribution in [2.24, 2.45) is 0 Å². The van der Waals surface area contributed by atoms with E-state index in [1.807, 2.05) is 23.6 Å². The monoisotopic (exact) mass is 499 g/mol. The predicted octanol–water partition coefficient (Wildman–Crippen LogP) is 5.43. The minimum Gasteiger partial charge on any atom is -0.324 e. The van der Waals surface area contributed by atoms with E-state index < -0.39 is 15.9 Å². The van der Waals surface area contributed by atoms with E-state index in [4.69, 9.17) is 23.2 Å². The number of rotatable bonds is 6. The van der Waals surface area contributed by atoms with Crippen LogP contribution in [0.2, 0.25) is 10.0 Å². The Hall–Kier alpha value is -3.13. The molecule has 1 N–H and O–H groups in total. The Morgan fingerprint density at radius 1 is 1.06 bits per heavy atom. The van der Waals surface area contributed by atoms with Gasteiger partial charge in [0.1, 0.15) is 5.82 Å². The number of aromatic nitrogens is 2. The molecular weight excluding hydrogens is 481 g/mol. The number of sulfonamides is 1. The van der Waals surface area contributed by atoms with Crippen LogP contribution in [0.5, 0.6) is 0 Å². The van der Waals surface area contributed by atoms with Crippen molar-refractivity contribution in [1.82, 2.24) is 14.3 Å². The van der Waals surface area contributed by atoms with Crippen molar-refractivity contribution in [2.75, 3.05) is 0 Å². The van der Waals surface area contributed by atoms with Crippen LogP contribution in [0.25, 0.3) is 17.1 Å². The van der Waals surface area contributed by atoms with E-state index in [0.29, 0.717) is 33.2 Å². The summed E-state index contributed by atoms with van der Waals surface area (Å²) in [5.74, 6) is -0.00321. The molecule has 3 aromatic carbocycles. The third-order valence-electron chi connectivity index (χ3n) is 5.02. The summed E-state index contributed by atoms with van der Waals surface area (Å²) < 4.78 is 28.7. The highest BCUT2D eigenvalue weighted by atomic mass is 35.5. The number of halogens is 2. The van der Waals surface area contributed by atoms with Crippen molar-refractivity contribution < 1.29 is 13.2 Å². The van der Waals surface area contributed by atoms with Gasteiger partial charge < -0.3 is 4.57 Å². The first kappa shape index (κ1) is 23.0. The van der Waals surface area contributed by atoms with Crippen LogP contribution in [0, 0.1) is 6.92 Å². The van der Waals surface area contributed by atoms with Gasteiger partial charge in [-0.25, -0.2) is 18.1 Å². The van der Waals surface area contributed by atoms with Crippen molar-refractivity contribution >= 4 is 56.2 Å². The second-order valence-electron chi connectivity index (χ2n) is 7.37. The maximum Gasteiger partial charge on any atom is 0.265 e. The number of amides is 1. The summed E-state index contributed by atoms with van der Waals surface area (Å²) in [4.78, 5) is 17.2. The average Bonchev–Trinajstić information content (AvgIpc) is 3.09. The molecule has 33 heavy (non-hydrogen) atoms. The first-order chi connectivity index (χ1) is 15.7. The fourth-order valence-electron chi connectivity index (χ4n) is 3.36. The predicted molar refractivity (Wildman–Crippen MR) is 132 cm³/mol. The van der Waals surface area contributed by atoms with Crippen molar-refractivity contribution in [3.63, 3.8) is 0 Å². The number of imidazole rings is 1. The van der Waals surface area contributed by atoms with Crippen LogP contribution < -0.4 is 4.72 Å². The first-order valence-corrected chi connectivity index (χ1v) is 12.2. The summed E-state index contributed by atoms with van der Waals surface area (Å²) in [6, 6.07) is 19.0. The molecular formula is C24H19Cl2N3O3S. The lowest BCUT2D eigenvalue weighted by molar-refractivity contribution is 0.0982. The zero-order valence-corrected chi connectivity index (χ0v) is 19.8. The zero-order chi connectivity index (χ0) is 23.6. The molecule has 168 valence electrons. The highest BCUT2D eigenvalue weighted by Gasteiger charge is 2.16. The molecule has 9 heteroatoms. The zero-order valence-electron chi connectivity index (χ0n) is 17.5. The number of hydrogen-bond acceptors (Lipinski definition) is 4. The van der Waals surface area contributed by atoms with Gasteiger partial charge in [-0.1, -0.05) is 59.6 Å². The fourth-order valence-corrected chi connectivity index (χ4v) is 4.61. The first-order valence-electron chi connectivity index (χ1n) is 9.93. The molecule has 0 saturated heterocycles. The Balaban J connectivity index is 1.60. The molecule has 0 spiro atoms. The van der Waals surface area contributed by atoms with E-state index in [0.717, 1.165) is 16.8 Å². The van der Waals surface area contributed by atoms with Gasteiger partial charge in [-0.3, -0.25) is 4.79 Å². The molecule has 6 nitrogen and oxygen atoms in total. The van der Waals surface area contributed by atoms with Gasteiger partial charge in [0, 0.05) is 15.6 Å². The summed E-state index contributed by atoms with van der Waals surface area (Å²) in [5.41, 5.74) is 3.11. The van der Waals surface area contributed by atoms with E-state index in [2.05, 4.69) is 9.71 Å². The number of aryl methyl sites for hydroxylation is 1. The van der Waals surface area contributed by atoms with E-state index in [1.54, 1.807) is 54.6 Å². The molecule has 0 saturated carbocycles. The molecule has 0 aliphatic heterocycles. The second kappa shape index (κ2) is 9.39. The Morgan fingerprint density at radius 3 is 2.55 bits per heavy atom. The summed E-state index contributed by atoms with van der Waals surface area (Å²) in [7, 11) is -3.98. The van der Waals surface area contributed by atoms with Gasteiger partial charge in [0.15, 0.2) is 0 Å². The number of hydrogen-bond donors (Lipinski definition) is 1. The van der Waals surface area contributed by atoms with Gasteiger partial charge in [-0.05, 0) is 54.5 Å². The van der Waals surface area contributed by atoms with Crippen molar-refractivity contribution in [2.45, 2.75) is 13.5 Å². The molecule has 4 aromatic rings. The molecule has 1 heterocycles. The molecule has 0 fully saturated rings. The van der Waals surface area contributed by atoms with Crippen molar-refractivity contribution in [1.29, 1.82) is 0 Å². The summed E-state index contributed by atoms with van der Waals surface area (Å²) >= 11 is 12.3. The largest absolute Gasteiger partial charge is 0.324 e. The van der Waals surface area contributed by atoms with Crippen LogP contribution in [-0.4, -0.2) is 23.9 Å². The maximum atomic E-state index is 12.7. The average molecular weight is 500 g/mol. The Kier molecular flexibility index (Phi) is 6.56. The maximum absolute atomic E-state index is 12.7. The smallest absolute Gasteiger partial charge is 0.265 e. The van der Waals surface area contributed by atoms with Gasteiger partial charge in [0.25, 0.3) is 15.9 Å². The lowest BCUT2D eigenvalue weighted by atomic mass is 10.2. The lowest BCUT2D eigenvalue weighted by Crippen LogP contribution is -2.28. The van der Waals surface area contributed by atoms with E-state index >= 15 is 0 Å². The molecule has 0 aliphatic rings. The highest BCUT2D eigenvalue weighted by molar-refractivity contribution is 7.93. The van der Waals surface area contributed by atoms with Gasteiger partial charge in [-0.2, -0.15) is 0 Å². The number of benzene rings is 3. The van der Waals surface area contributed by atoms with Gasteiger partial charge >= 0.3 is 0 Å². The number of fused-ring (bicyclic) bond motifs is 1. The van der Waals surface area contributed by atoms with Crippen LogP contribution in [0.15, 0.2) is 72.1 Å². The Bertz CT molecular complexity index is 1480. The second-order valence-corrected chi connectivity index (χ2v) is 9.78. The van der Waals surface area contributed by atoms with E-state index in [9.17, 15) is 13.2 Å². The highest BCUT2D eigenvalue weighted by Crippen LogP contribution is 2.25. The molecule has 1 aromatic heterocycles. The lowest BCUT2D eigenvalue weighted by Gasteiger charge is -2.10. The fraction of sp³-hybridized carbons (Fsp3) is 0.0833. The number of carbonyl (C=O) groups excluding carboxylic acids is 1. The molecule has 0 radical (unpaired) electrons. The van der Waals surface area contributed by atoms with Gasteiger partial charge in [0.2, 0.25) is 0 Å². The molecule has 0 aliphatic carbocycles. The van der Waals surface area contributed by atoms with Crippen LogP contribution in [-0.2, 0) is 16.6 Å². The normalized spacial score (nSPS) is 11.8.